The first-order valence-corrected chi connectivity index (χ1v) is 9.58. The molecule has 0 aromatic heterocycles. The van der Waals surface area contributed by atoms with Gasteiger partial charge < -0.3 is 4.90 Å². The van der Waals surface area contributed by atoms with Crippen molar-refractivity contribution < 1.29 is 0 Å². The maximum atomic E-state index is 3.48. The van der Waals surface area contributed by atoms with Gasteiger partial charge in [-0.3, -0.25) is 0 Å². The van der Waals surface area contributed by atoms with Gasteiger partial charge in [-0.15, -0.1) is 0 Å². The molecule has 0 amide bonds. The monoisotopic (exact) mass is 355 g/mol. The average molecular weight is 355 g/mol. The Morgan fingerprint density at radius 2 is 1.39 bits per heavy atom. The van der Waals surface area contributed by atoms with Crippen LogP contribution in [0, 0.1) is 11.8 Å². The van der Waals surface area contributed by atoms with Crippen molar-refractivity contribution in [1.29, 1.82) is 0 Å². The number of nitrogens with zero attached hydrogens (tertiary/aromatic N) is 1. The van der Waals surface area contributed by atoms with Gasteiger partial charge in [0.05, 0.1) is 11.4 Å². The van der Waals surface area contributed by atoms with Gasteiger partial charge in [0.25, 0.3) is 0 Å². The molecule has 1 atom stereocenters. The van der Waals surface area contributed by atoms with Gasteiger partial charge in [0, 0.05) is 11.6 Å². The Labute approximate surface area is 164 Å². The van der Waals surface area contributed by atoms with Gasteiger partial charge in [0.2, 0.25) is 0 Å². The minimum atomic E-state index is 0.0229. The van der Waals surface area contributed by atoms with Crippen molar-refractivity contribution in [2.75, 3.05) is 4.90 Å². The van der Waals surface area contributed by atoms with Crippen molar-refractivity contribution in [2.45, 2.75) is 6.04 Å². The van der Waals surface area contributed by atoms with Crippen LogP contribution in [0.2, 0.25) is 0 Å². The van der Waals surface area contributed by atoms with Crippen LogP contribution in [0.5, 0.6) is 0 Å². The molecule has 0 N–H and O–H groups in total. The first-order chi connectivity index (χ1) is 13.9. The number of hydrogen-bond donors (Lipinski definition) is 0. The van der Waals surface area contributed by atoms with Crippen molar-refractivity contribution in [3.8, 4) is 23.0 Å². The van der Waals surface area contributed by atoms with Gasteiger partial charge >= 0.3 is 0 Å². The van der Waals surface area contributed by atoms with Crippen LogP contribution in [0.4, 0.5) is 5.69 Å². The summed E-state index contributed by atoms with van der Waals surface area (Å²) in [6, 6.07) is 32.5. The summed E-state index contributed by atoms with van der Waals surface area (Å²) in [5.41, 5.74) is 7.42. The molecule has 0 fully saturated rings. The Kier molecular flexibility index (Phi) is 3.21. The van der Waals surface area contributed by atoms with Crippen molar-refractivity contribution in [3.63, 3.8) is 0 Å². The standard InChI is InChI=1S/C27H17N/c1-2-9-19(10-3-1)25-15-8-16-27-24-18-21-12-5-4-11-20(21)17-23(24)22-13-6-7-14-26(22)28(25)27/h1-7,9-15,17-18,27H. The van der Waals surface area contributed by atoms with E-state index in [1.165, 1.54) is 38.7 Å². The molecule has 130 valence electrons. The van der Waals surface area contributed by atoms with Gasteiger partial charge in [0.15, 0.2) is 0 Å². The zero-order valence-electron chi connectivity index (χ0n) is 15.3. The molecule has 0 radical (unpaired) electrons. The fourth-order valence-corrected chi connectivity index (χ4v) is 4.41. The summed E-state index contributed by atoms with van der Waals surface area (Å²) >= 11 is 0. The van der Waals surface area contributed by atoms with Crippen molar-refractivity contribution in [2.24, 2.45) is 0 Å². The maximum absolute atomic E-state index is 3.48. The predicted octanol–water partition coefficient (Wildman–Crippen LogP) is 6.43. The fourth-order valence-electron chi connectivity index (χ4n) is 4.41. The maximum Gasteiger partial charge on any atom is 0.122 e. The first-order valence-electron chi connectivity index (χ1n) is 9.58. The molecule has 0 spiro atoms. The average Bonchev–Trinajstić information content (AvgIpc) is 2.78. The minimum absolute atomic E-state index is 0.0229. The molecular weight excluding hydrogens is 338 g/mol. The molecule has 0 aliphatic carbocycles. The number of rotatable bonds is 1. The number of para-hydroxylation sites is 1. The highest BCUT2D eigenvalue weighted by atomic mass is 15.2. The third kappa shape index (κ3) is 2.15. The topological polar surface area (TPSA) is 3.24 Å². The van der Waals surface area contributed by atoms with Crippen LogP contribution >= 0.6 is 0 Å². The summed E-state index contributed by atoms with van der Waals surface area (Å²) in [5.74, 6) is 6.78. The largest absolute Gasteiger partial charge is 0.321 e. The zero-order chi connectivity index (χ0) is 18.5. The van der Waals surface area contributed by atoms with Gasteiger partial charge in [-0.2, -0.15) is 0 Å². The number of fused-ring (bicyclic) bond motifs is 7. The van der Waals surface area contributed by atoms with E-state index in [4.69, 9.17) is 0 Å². The van der Waals surface area contributed by atoms with E-state index in [-0.39, 0.29) is 6.04 Å². The Balaban J connectivity index is 1.65. The second-order valence-corrected chi connectivity index (χ2v) is 7.26. The van der Waals surface area contributed by atoms with E-state index in [1.807, 2.05) is 0 Å². The van der Waals surface area contributed by atoms with Crippen LogP contribution in [-0.4, -0.2) is 0 Å². The number of hydrogen-bond acceptors (Lipinski definition) is 1. The summed E-state index contributed by atoms with van der Waals surface area (Å²) in [5, 5.41) is 2.53. The third-order valence-electron chi connectivity index (χ3n) is 5.68. The lowest BCUT2D eigenvalue weighted by molar-refractivity contribution is 0.870. The van der Waals surface area contributed by atoms with E-state index in [2.05, 4.69) is 114 Å². The predicted molar refractivity (Wildman–Crippen MR) is 117 cm³/mol. The van der Waals surface area contributed by atoms with E-state index in [9.17, 15) is 0 Å². The zero-order valence-corrected chi connectivity index (χ0v) is 15.3. The molecule has 1 unspecified atom stereocenters. The Hall–Kier alpha value is -3.76. The third-order valence-corrected chi connectivity index (χ3v) is 5.68. The number of allylic oxidation sites excluding steroid dienone is 1. The van der Waals surface area contributed by atoms with Gasteiger partial charge in [-0.1, -0.05) is 84.6 Å². The van der Waals surface area contributed by atoms with E-state index in [1.54, 1.807) is 0 Å². The lowest BCUT2D eigenvalue weighted by Gasteiger charge is -2.40. The molecule has 0 bridgehead atoms. The Morgan fingerprint density at radius 1 is 0.679 bits per heavy atom. The molecule has 4 aromatic rings. The summed E-state index contributed by atoms with van der Waals surface area (Å²) in [6.07, 6.45) is 2.05. The molecule has 2 aliphatic heterocycles. The SMILES string of the molecule is C1#CC2c3cc4ccccc4cc3-c3ccccc3N2C(c2ccccc2)=C1. The Bertz CT molecular complexity index is 1320. The van der Waals surface area contributed by atoms with E-state index in [0.29, 0.717) is 0 Å². The molecule has 0 saturated carbocycles. The van der Waals surface area contributed by atoms with Crippen LogP contribution in [0.3, 0.4) is 0 Å². The van der Waals surface area contributed by atoms with Gasteiger partial charge in [-0.05, 0) is 45.7 Å². The lowest BCUT2D eigenvalue weighted by Crippen LogP contribution is -2.31. The van der Waals surface area contributed by atoms with Crippen LogP contribution in [0.25, 0.3) is 27.6 Å². The van der Waals surface area contributed by atoms with E-state index in [0.717, 1.165) is 5.70 Å². The summed E-state index contributed by atoms with van der Waals surface area (Å²) in [4.78, 5) is 2.40. The molecule has 1 nitrogen and oxygen atoms in total. The summed E-state index contributed by atoms with van der Waals surface area (Å²) in [7, 11) is 0. The van der Waals surface area contributed by atoms with Crippen LogP contribution < -0.4 is 4.90 Å². The fraction of sp³-hybridized carbons (Fsp3) is 0.0370. The van der Waals surface area contributed by atoms with Crippen LogP contribution in [0.15, 0.2) is 97.1 Å². The number of anilines is 1. The minimum Gasteiger partial charge on any atom is -0.321 e. The Morgan fingerprint density at radius 3 is 2.25 bits per heavy atom. The van der Waals surface area contributed by atoms with E-state index >= 15 is 0 Å². The highest BCUT2D eigenvalue weighted by molar-refractivity contribution is 5.99. The quantitative estimate of drug-likeness (QED) is 0.356. The smallest absolute Gasteiger partial charge is 0.122 e. The van der Waals surface area contributed by atoms with Crippen molar-refractivity contribution in [1.82, 2.24) is 0 Å². The molecule has 0 saturated heterocycles. The first kappa shape index (κ1) is 15.3. The molecule has 6 rings (SSSR count). The van der Waals surface area contributed by atoms with Crippen molar-refractivity contribution in [3.05, 3.63) is 108 Å². The van der Waals surface area contributed by atoms with E-state index < -0.39 is 0 Å². The van der Waals surface area contributed by atoms with Crippen molar-refractivity contribution >= 4 is 22.2 Å². The summed E-state index contributed by atoms with van der Waals surface area (Å²) < 4.78 is 0. The van der Waals surface area contributed by atoms with Crippen LogP contribution in [-0.2, 0) is 0 Å². The highest BCUT2D eigenvalue weighted by Crippen LogP contribution is 2.49. The molecule has 4 aromatic carbocycles. The highest BCUT2D eigenvalue weighted by Gasteiger charge is 2.33. The second-order valence-electron chi connectivity index (χ2n) is 7.26. The summed E-state index contributed by atoms with van der Waals surface area (Å²) in [6.45, 7) is 0. The van der Waals surface area contributed by atoms with Gasteiger partial charge in [-0.25, -0.2) is 0 Å². The van der Waals surface area contributed by atoms with Gasteiger partial charge in [0.1, 0.15) is 6.04 Å². The van der Waals surface area contributed by atoms with Crippen LogP contribution in [0.1, 0.15) is 17.2 Å². The molecule has 28 heavy (non-hydrogen) atoms. The molecule has 1 heteroatoms. The molecular formula is C27H17N. The second kappa shape index (κ2) is 5.87. The number of benzene rings is 4. The molecule has 2 heterocycles. The lowest BCUT2D eigenvalue weighted by atomic mass is 9.84. The molecule has 2 aliphatic rings. The normalized spacial score (nSPS) is 16.4.